The van der Waals surface area contributed by atoms with E-state index in [0.29, 0.717) is 30.8 Å². The van der Waals surface area contributed by atoms with Gasteiger partial charge in [-0.05, 0) is 31.9 Å². The molecule has 1 saturated heterocycles. The summed E-state index contributed by atoms with van der Waals surface area (Å²) in [7, 11) is 0. The van der Waals surface area contributed by atoms with E-state index >= 15 is 0 Å². The molecule has 1 aliphatic heterocycles. The molecule has 2 N–H and O–H groups in total. The largest absolute Gasteiger partial charge is 0.481 e. The van der Waals surface area contributed by atoms with Gasteiger partial charge in [-0.2, -0.15) is 0 Å². The zero-order valence-electron chi connectivity index (χ0n) is 14.9. The van der Waals surface area contributed by atoms with Crippen LogP contribution in [-0.2, 0) is 11.3 Å². The molecule has 1 fully saturated rings. The number of aromatic amines is 1. The number of carbonyl (C=O) groups is 1. The average Bonchev–Trinajstić information content (AvgIpc) is 3.00. The monoisotopic (exact) mass is 340 g/mol. The first kappa shape index (κ1) is 17.4. The van der Waals surface area contributed by atoms with Gasteiger partial charge in [0.05, 0.1) is 5.92 Å². The lowest BCUT2D eigenvalue weighted by molar-refractivity contribution is -0.141. The van der Waals surface area contributed by atoms with Crippen molar-refractivity contribution in [2.75, 3.05) is 13.1 Å². The molecule has 0 radical (unpaired) electrons. The summed E-state index contributed by atoms with van der Waals surface area (Å²) in [6.07, 6.45) is 1.73. The zero-order valence-corrected chi connectivity index (χ0v) is 14.9. The fourth-order valence-electron chi connectivity index (χ4n) is 3.77. The Morgan fingerprint density at radius 2 is 1.92 bits per heavy atom. The summed E-state index contributed by atoms with van der Waals surface area (Å²) < 4.78 is 0. The Kier molecular flexibility index (Phi) is 4.77. The molecule has 132 valence electrons. The topological polar surface area (TPSA) is 73.4 Å². The van der Waals surface area contributed by atoms with Gasteiger partial charge in [0.15, 0.2) is 5.43 Å². The summed E-state index contributed by atoms with van der Waals surface area (Å²) in [6, 6.07) is 7.99. The first-order chi connectivity index (χ1) is 11.9. The minimum absolute atomic E-state index is 0.0313. The number of hydrogen-bond donors (Lipinski definition) is 2. The fourth-order valence-corrected chi connectivity index (χ4v) is 3.77. The second-order valence-corrected chi connectivity index (χ2v) is 7.01. The van der Waals surface area contributed by atoms with Gasteiger partial charge in [-0.15, -0.1) is 0 Å². The molecule has 2 unspecified atom stereocenters. The van der Waals surface area contributed by atoms with Gasteiger partial charge < -0.3 is 10.1 Å². The molecule has 0 bridgehead atoms. The molecule has 5 nitrogen and oxygen atoms in total. The van der Waals surface area contributed by atoms with Crippen molar-refractivity contribution in [3.05, 3.63) is 68.6 Å². The number of aromatic nitrogens is 1. The molecule has 0 amide bonds. The Morgan fingerprint density at radius 3 is 2.60 bits per heavy atom. The normalized spacial score (nSPS) is 20.8. The van der Waals surface area contributed by atoms with Crippen LogP contribution in [0.25, 0.3) is 0 Å². The second-order valence-electron chi connectivity index (χ2n) is 7.01. The number of likely N-dealkylation sites (tertiary alicyclic amines) is 1. The van der Waals surface area contributed by atoms with Crippen molar-refractivity contribution in [3.63, 3.8) is 0 Å². The summed E-state index contributed by atoms with van der Waals surface area (Å²) in [6.45, 7) is 7.37. The van der Waals surface area contributed by atoms with Gasteiger partial charge in [0.1, 0.15) is 0 Å². The number of aryl methyl sites for hydroxylation is 2. The highest BCUT2D eigenvalue weighted by molar-refractivity contribution is 5.72. The predicted molar refractivity (Wildman–Crippen MR) is 96.9 cm³/mol. The molecule has 0 aliphatic carbocycles. The second kappa shape index (κ2) is 6.84. The van der Waals surface area contributed by atoms with Crippen LogP contribution >= 0.6 is 0 Å². The zero-order chi connectivity index (χ0) is 18.1. The van der Waals surface area contributed by atoms with Crippen LogP contribution in [0.5, 0.6) is 0 Å². The summed E-state index contributed by atoms with van der Waals surface area (Å²) in [5.41, 5.74) is 4.56. The van der Waals surface area contributed by atoms with Crippen molar-refractivity contribution in [2.45, 2.75) is 33.2 Å². The molecule has 2 heterocycles. The van der Waals surface area contributed by atoms with Crippen LogP contribution in [0, 0.1) is 26.7 Å². The minimum Gasteiger partial charge on any atom is -0.481 e. The molecule has 2 aromatic rings. The number of benzene rings is 1. The lowest BCUT2D eigenvalue weighted by Gasteiger charge is -2.18. The van der Waals surface area contributed by atoms with Gasteiger partial charge in [0, 0.05) is 48.6 Å². The van der Waals surface area contributed by atoms with E-state index in [1.54, 1.807) is 13.1 Å². The summed E-state index contributed by atoms with van der Waals surface area (Å²) in [5, 5.41) is 9.67. The molecule has 1 aromatic carbocycles. The summed E-state index contributed by atoms with van der Waals surface area (Å²) >= 11 is 0. The highest BCUT2D eigenvalue weighted by Gasteiger charge is 2.39. The van der Waals surface area contributed by atoms with Crippen LogP contribution in [0.2, 0.25) is 0 Å². The number of carboxylic acids is 1. The van der Waals surface area contributed by atoms with Gasteiger partial charge in [-0.3, -0.25) is 14.5 Å². The Bertz CT molecular complexity index is 856. The maximum Gasteiger partial charge on any atom is 0.308 e. The highest BCUT2D eigenvalue weighted by Crippen LogP contribution is 2.35. The van der Waals surface area contributed by atoms with Crippen LogP contribution in [0.15, 0.2) is 35.3 Å². The minimum atomic E-state index is -0.759. The maximum absolute atomic E-state index is 12.1. The van der Waals surface area contributed by atoms with E-state index < -0.39 is 11.9 Å². The molecule has 2 atom stereocenters. The molecular formula is C20H24N2O3. The quantitative estimate of drug-likeness (QED) is 0.897. The number of rotatable bonds is 4. The molecule has 0 saturated carbocycles. The van der Waals surface area contributed by atoms with Crippen molar-refractivity contribution in [3.8, 4) is 0 Å². The predicted octanol–water partition coefficient (Wildman–Crippen LogP) is 2.60. The van der Waals surface area contributed by atoms with Gasteiger partial charge in [0.25, 0.3) is 0 Å². The third kappa shape index (κ3) is 3.37. The highest BCUT2D eigenvalue weighted by atomic mass is 16.4. The van der Waals surface area contributed by atoms with E-state index in [0.717, 1.165) is 16.8 Å². The molecule has 0 spiro atoms. The number of H-pyrrole nitrogens is 1. The Morgan fingerprint density at radius 1 is 1.20 bits per heavy atom. The lowest BCUT2D eigenvalue weighted by atomic mass is 9.86. The van der Waals surface area contributed by atoms with Crippen molar-refractivity contribution in [2.24, 2.45) is 5.92 Å². The maximum atomic E-state index is 12.1. The molecule has 1 aliphatic rings. The van der Waals surface area contributed by atoms with Gasteiger partial charge >= 0.3 is 5.97 Å². The third-order valence-corrected chi connectivity index (χ3v) is 5.30. The smallest absolute Gasteiger partial charge is 0.308 e. The Hall–Kier alpha value is -2.40. The number of nitrogens with zero attached hydrogens (tertiary/aromatic N) is 1. The average molecular weight is 340 g/mol. The first-order valence-corrected chi connectivity index (χ1v) is 8.57. The number of carboxylic acid groups (broad SMARTS) is 1. The number of aliphatic carboxylic acids is 1. The van der Waals surface area contributed by atoms with Gasteiger partial charge in [0.2, 0.25) is 0 Å². The molecular weight excluding hydrogens is 316 g/mol. The van der Waals surface area contributed by atoms with E-state index in [1.807, 2.05) is 38.1 Å². The van der Waals surface area contributed by atoms with E-state index in [1.165, 1.54) is 0 Å². The first-order valence-electron chi connectivity index (χ1n) is 8.57. The number of nitrogens with one attached hydrogen (secondary N) is 1. The van der Waals surface area contributed by atoms with E-state index in [9.17, 15) is 14.7 Å². The van der Waals surface area contributed by atoms with Crippen molar-refractivity contribution >= 4 is 5.97 Å². The van der Waals surface area contributed by atoms with Crippen LogP contribution in [0.1, 0.15) is 33.9 Å². The van der Waals surface area contributed by atoms with Crippen LogP contribution in [-0.4, -0.2) is 34.0 Å². The summed E-state index contributed by atoms with van der Waals surface area (Å²) in [5.74, 6) is -1.22. The molecule has 5 heteroatoms. The van der Waals surface area contributed by atoms with Crippen molar-refractivity contribution < 1.29 is 9.90 Å². The van der Waals surface area contributed by atoms with E-state index in [-0.39, 0.29) is 11.3 Å². The third-order valence-electron chi connectivity index (χ3n) is 5.30. The molecule has 25 heavy (non-hydrogen) atoms. The van der Waals surface area contributed by atoms with E-state index in [2.05, 4.69) is 9.88 Å². The van der Waals surface area contributed by atoms with E-state index in [4.69, 9.17) is 0 Å². The lowest BCUT2D eigenvalue weighted by Crippen LogP contribution is -2.25. The van der Waals surface area contributed by atoms with Gasteiger partial charge in [-0.25, -0.2) is 0 Å². The van der Waals surface area contributed by atoms with Crippen molar-refractivity contribution in [1.29, 1.82) is 0 Å². The van der Waals surface area contributed by atoms with Crippen LogP contribution in [0.3, 0.4) is 0 Å². The van der Waals surface area contributed by atoms with Crippen molar-refractivity contribution in [1.82, 2.24) is 9.88 Å². The summed E-state index contributed by atoms with van der Waals surface area (Å²) in [4.78, 5) is 29.2. The van der Waals surface area contributed by atoms with Crippen LogP contribution < -0.4 is 5.43 Å². The molecule has 3 rings (SSSR count). The fraction of sp³-hybridized carbons (Fsp3) is 0.400. The Labute approximate surface area is 147 Å². The SMILES string of the molecule is Cc1ccccc1C1CN(Cc2[nH]cc(C)c(=O)c2C)CC1C(=O)O. The standard InChI is InChI=1S/C20H24N2O3/c1-12-6-4-5-7-15(12)16-9-22(10-17(16)20(24)25)11-18-14(3)19(23)13(2)8-21-18/h4-8,16-17H,9-11H2,1-3H3,(H,21,23)(H,24,25). The Balaban J connectivity index is 1.86. The van der Waals surface area contributed by atoms with Gasteiger partial charge in [-0.1, -0.05) is 24.3 Å². The van der Waals surface area contributed by atoms with Crippen LogP contribution in [0.4, 0.5) is 0 Å². The molecule has 1 aromatic heterocycles. The number of pyridine rings is 1. The number of hydrogen-bond acceptors (Lipinski definition) is 3.